The molecule has 0 spiro atoms. The van der Waals surface area contributed by atoms with E-state index < -0.39 is 0 Å². The summed E-state index contributed by atoms with van der Waals surface area (Å²) in [4.78, 5) is 30.5. The summed E-state index contributed by atoms with van der Waals surface area (Å²) in [6.45, 7) is 7.04. The van der Waals surface area contributed by atoms with Gasteiger partial charge < -0.3 is 9.47 Å². The van der Waals surface area contributed by atoms with Gasteiger partial charge in [0.05, 0.1) is 62.8 Å². The molecule has 9 heteroatoms. The summed E-state index contributed by atoms with van der Waals surface area (Å²) >= 11 is 0. The minimum atomic E-state index is 0.514. The van der Waals surface area contributed by atoms with Crippen LogP contribution in [-0.2, 0) is 9.47 Å². The zero-order chi connectivity index (χ0) is 25.3. The minimum Gasteiger partial charge on any atom is -0.377 e. The molecule has 0 unspecified atom stereocenters. The number of ether oxygens (including phenoxy) is 2. The number of aliphatic imine (C=N–C) groups is 4. The van der Waals surface area contributed by atoms with Crippen LogP contribution in [0.2, 0.25) is 0 Å². The Morgan fingerprint density at radius 2 is 1.19 bits per heavy atom. The van der Waals surface area contributed by atoms with E-state index in [1.54, 1.807) is 24.9 Å². The van der Waals surface area contributed by atoms with Gasteiger partial charge in [-0.05, 0) is 50.2 Å². The first-order chi connectivity index (χ1) is 17.7. The largest absolute Gasteiger partial charge is 0.377 e. The van der Waals surface area contributed by atoms with Crippen LogP contribution in [-0.4, -0.2) is 79.3 Å². The zero-order valence-corrected chi connectivity index (χ0v) is 20.7. The highest BCUT2D eigenvalue weighted by Crippen LogP contribution is 2.14. The molecule has 0 saturated carbocycles. The molecular weight excluding hydrogens is 454 g/mol. The minimum absolute atomic E-state index is 0.514. The van der Waals surface area contributed by atoms with Crippen LogP contribution < -0.4 is 0 Å². The number of aryl methyl sites for hydroxylation is 1. The first kappa shape index (κ1) is 26.7. The van der Waals surface area contributed by atoms with Crippen LogP contribution in [0.3, 0.4) is 0 Å². The molecule has 0 aliphatic heterocycles. The number of aromatic nitrogens is 3. The molecule has 0 atom stereocenters. The second-order valence-corrected chi connectivity index (χ2v) is 7.49. The van der Waals surface area contributed by atoms with Crippen molar-refractivity contribution in [1.29, 1.82) is 0 Å². The SMILES string of the molecule is CC=Nc1cccc(N=Cc2cccc(C=NCCOCCOCCN=Cc3cccc(C)n3)n2)n1. The molecule has 3 aromatic rings. The number of pyridine rings is 3. The monoisotopic (exact) mass is 485 g/mol. The molecule has 9 nitrogen and oxygen atoms in total. The fourth-order valence-corrected chi connectivity index (χ4v) is 2.94. The normalized spacial score (nSPS) is 12.1. The Morgan fingerprint density at radius 1 is 0.639 bits per heavy atom. The third-order valence-corrected chi connectivity index (χ3v) is 4.56. The van der Waals surface area contributed by atoms with E-state index >= 15 is 0 Å². The van der Waals surface area contributed by atoms with Crippen molar-refractivity contribution in [3.63, 3.8) is 0 Å². The fraction of sp³-hybridized carbons (Fsp3) is 0.296. The second kappa shape index (κ2) is 15.9. The maximum absolute atomic E-state index is 5.55. The molecule has 186 valence electrons. The van der Waals surface area contributed by atoms with E-state index in [4.69, 9.17) is 9.47 Å². The molecule has 3 rings (SSSR count). The molecule has 0 radical (unpaired) electrons. The average Bonchev–Trinajstić information content (AvgIpc) is 2.89. The summed E-state index contributed by atoms with van der Waals surface area (Å²) in [5.74, 6) is 1.20. The standard InChI is InChI=1S/C27H31N7O2/c1-3-30-26-11-6-12-27(34-26)31-21-25-10-5-9-24(33-25)20-29-14-16-36-18-17-35-15-13-28-19-23-8-4-7-22(2)32-23/h3-12,19-21H,13-18H2,1-2H3. The number of hydrogen-bond donors (Lipinski definition) is 0. The molecule has 0 amide bonds. The van der Waals surface area contributed by atoms with Crippen LogP contribution in [0.25, 0.3) is 0 Å². The highest BCUT2D eigenvalue weighted by Gasteiger charge is 1.96. The third kappa shape index (κ3) is 10.5. The van der Waals surface area contributed by atoms with Crippen molar-refractivity contribution in [2.45, 2.75) is 13.8 Å². The van der Waals surface area contributed by atoms with Crippen LogP contribution in [0.4, 0.5) is 11.6 Å². The van der Waals surface area contributed by atoms with Crippen LogP contribution in [0.5, 0.6) is 0 Å². The van der Waals surface area contributed by atoms with Gasteiger partial charge in [0.25, 0.3) is 0 Å². The molecule has 0 bridgehead atoms. The quantitative estimate of drug-likeness (QED) is 0.251. The second-order valence-electron chi connectivity index (χ2n) is 7.49. The van der Waals surface area contributed by atoms with Crippen LogP contribution >= 0.6 is 0 Å². The third-order valence-electron chi connectivity index (χ3n) is 4.56. The van der Waals surface area contributed by atoms with E-state index in [2.05, 4.69) is 34.9 Å². The van der Waals surface area contributed by atoms with E-state index in [0.717, 1.165) is 22.8 Å². The Morgan fingerprint density at radius 3 is 1.83 bits per heavy atom. The molecule has 0 fully saturated rings. The first-order valence-electron chi connectivity index (χ1n) is 11.8. The van der Waals surface area contributed by atoms with Gasteiger partial charge in [-0.25, -0.2) is 20.0 Å². The van der Waals surface area contributed by atoms with Gasteiger partial charge in [-0.1, -0.05) is 18.2 Å². The highest BCUT2D eigenvalue weighted by atomic mass is 16.5. The molecule has 3 aromatic heterocycles. The molecule has 36 heavy (non-hydrogen) atoms. The predicted octanol–water partition coefficient (Wildman–Crippen LogP) is 4.22. The lowest BCUT2D eigenvalue weighted by Gasteiger charge is -2.03. The van der Waals surface area contributed by atoms with E-state index in [0.29, 0.717) is 51.2 Å². The van der Waals surface area contributed by atoms with Gasteiger partial charge in [0.15, 0.2) is 11.6 Å². The summed E-state index contributed by atoms with van der Waals surface area (Å²) in [5.41, 5.74) is 3.30. The number of hydrogen-bond acceptors (Lipinski definition) is 9. The predicted molar refractivity (Wildman–Crippen MR) is 145 cm³/mol. The number of nitrogens with zero attached hydrogens (tertiary/aromatic N) is 7. The Kier molecular flexibility index (Phi) is 11.7. The van der Waals surface area contributed by atoms with Gasteiger partial charge in [-0.3, -0.25) is 15.0 Å². The molecule has 3 heterocycles. The zero-order valence-electron chi connectivity index (χ0n) is 20.7. The van der Waals surface area contributed by atoms with E-state index in [1.165, 1.54) is 0 Å². The van der Waals surface area contributed by atoms with Crippen LogP contribution in [0.1, 0.15) is 29.7 Å². The van der Waals surface area contributed by atoms with Gasteiger partial charge in [0, 0.05) is 24.3 Å². The molecule has 0 saturated heterocycles. The average molecular weight is 486 g/mol. The maximum atomic E-state index is 5.55. The van der Waals surface area contributed by atoms with Crippen molar-refractivity contribution >= 4 is 36.5 Å². The van der Waals surface area contributed by atoms with Crippen molar-refractivity contribution in [3.8, 4) is 0 Å². The Bertz CT molecular complexity index is 1190. The smallest absolute Gasteiger partial charge is 0.154 e. The van der Waals surface area contributed by atoms with Gasteiger partial charge in [-0.15, -0.1) is 0 Å². The first-order valence-corrected chi connectivity index (χ1v) is 11.8. The van der Waals surface area contributed by atoms with Gasteiger partial charge in [0.1, 0.15) is 0 Å². The lowest BCUT2D eigenvalue weighted by molar-refractivity contribution is 0.0541. The molecule has 0 aliphatic rings. The van der Waals surface area contributed by atoms with Gasteiger partial charge in [-0.2, -0.15) is 0 Å². The van der Waals surface area contributed by atoms with Gasteiger partial charge in [0.2, 0.25) is 0 Å². The van der Waals surface area contributed by atoms with Crippen molar-refractivity contribution in [2.24, 2.45) is 20.0 Å². The van der Waals surface area contributed by atoms with Crippen molar-refractivity contribution in [1.82, 2.24) is 15.0 Å². The Balaban J connectivity index is 1.28. The van der Waals surface area contributed by atoms with Crippen molar-refractivity contribution < 1.29 is 9.47 Å². The van der Waals surface area contributed by atoms with Crippen LogP contribution in [0, 0.1) is 6.92 Å². The summed E-state index contributed by atoms with van der Waals surface area (Å²) < 4.78 is 11.1. The molecule has 0 aromatic carbocycles. The Labute approximate surface area is 211 Å². The van der Waals surface area contributed by atoms with E-state index in [1.807, 2.05) is 68.4 Å². The highest BCUT2D eigenvalue weighted by molar-refractivity contribution is 5.82. The van der Waals surface area contributed by atoms with E-state index in [-0.39, 0.29) is 0 Å². The lowest BCUT2D eigenvalue weighted by atomic mass is 10.3. The molecule has 0 N–H and O–H groups in total. The topological polar surface area (TPSA) is 107 Å². The summed E-state index contributed by atoms with van der Waals surface area (Å²) in [5, 5.41) is 0. The van der Waals surface area contributed by atoms with Crippen molar-refractivity contribution in [2.75, 3.05) is 39.5 Å². The summed E-state index contributed by atoms with van der Waals surface area (Å²) in [7, 11) is 0. The number of rotatable bonds is 14. The molecular formula is C27H31N7O2. The lowest BCUT2D eigenvalue weighted by Crippen LogP contribution is -2.09. The van der Waals surface area contributed by atoms with Crippen LogP contribution in [0.15, 0.2) is 74.6 Å². The van der Waals surface area contributed by atoms with E-state index in [9.17, 15) is 0 Å². The molecule has 0 aliphatic carbocycles. The maximum Gasteiger partial charge on any atom is 0.154 e. The van der Waals surface area contributed by atoms with Crippen molar-refractivity contribution in [3.05, 3.63) is 77.4 Å². The fourth-order valence-electron chi connectivity index (χ4n) is 2.94. The summed E-state index contributed by atoms with van der Waals surface area (Å²) in [6, 6.07) is 17.0. The summed E-state index contributed by atoms with van der Waals surface area (Å²) in [6.07, 6.45) is 6.87. The van der Waals surface area contributed by atoms with Gasteiger partial charge >= 0.3 is 0 Å². The Hall–Kier alpha value is -3.95.